The molecule has 0 aromatic heterocycles. The van der Waals surface area contributed by atoms with Crippen LogP contribution in [0.3, 0.4) is 0 Å². The Hall–Kier alpha value is -1.72. The molecule has 0 aromatic rings. The van der Waals surface area contributed by atoms with E-state index in [1.165, 1.54) is 0 Å². The number of rotatable bonds is 5. The fraction of sp³-hybridized carbons (Fsp3) is 0.600. The zero-order valence-corrected chi connectivity index (χ0v) is 9.29. The van der Waals surface area contributed by atoms with Crippen molar-refractivity contribution in [3.05, 3.63) is 12.3 Å². The van der Waals surface area contributed by atoms with Crippen LogP contribution >= 0.6 is 0 Å². The summed E-state index contributed by atoms with van der Waals surface area (Å²) in [6.07, 6.45) is 2.00. The number of hydrogen-bond acceptors (Lipinski definition) is 4. The maximum absolute atomic E-state index is 11.3. The molecule has 1 aliphatic heterocycles. The molecule has 1 saturated heterocycles. The summed E-state index contributed by atoms with van der Waals surface area (Å²) in [4.78, 5) is 21.7. The van der Waals surface area contributed by atoms with Gasteiger partial charge in [-0.3, -0.25) is 10.2 Å². The van der Waals surface area contributed by atoms with Crippen LogP contribution in [0.2, 0.25) is 0 Å². The van der Waals surface area contributed by atoms with Crippen LogP contribution in [-0.2, 0) is 9.53 Å². The first-order chi connectivity index (χ1) is 7.49. The largest absolute Gasteiger partial charge is 0.462 e. The lowest BCUT2D eigenvalue weighted by Gasteiger charge is -2.10. The monoisotopic (exact) mass is 227 g/mol. The number of cyclic esters (lactones) is 1. The summed E-state index contributed by atoms with van der Waals surface area (Å²) < 4.78 is 5.03. The van der Waals surface area contributed by atoms with E-state index in [0.29, 0.717) is 18.5 Å². The lowest BCUT2D eigenvalue weighted by molar-refractivity contribution is -0.143. The molecule has 1 rings (SSSR count). The number of carbonyl (C=O) groups is 2. The van der Waals surface area contributed by atoms with Gasteiger partial charge in [0.25, 0.3) is 0 Å². The predicted molar refractivity (Wildman–Crippen MR) is 57.9 cm³/mol. The molecule has 1 aliphatic rings. The summed E-state index contributed by atoms with van der Waals surface area (Å²) in [6.45, 7) is 5.57. The zero-order chi connectivity index (χ0) is 12.1. The minimum atomic E-state index is -0.671. The number of hydrogen-bond donors (Lipinski definition) is 3. The van der Waals surface area contributed by atoms with E-state index in [9.17, 15) is 9.59 Å². The van der Waals surface area contributed by atoms with Gasteiger partial charge in [-0.15, -0.1) is 0 Å². The highest BCUT2D eigenvalue weighted by Gasteiger charge is 2.31. The Morgan fingerprint density at radius 2 is 2.31 bits per heavy atom. The van der Waals surface area contributed by atoms with Crippen LogP contribution in [0.1, 0.15) is 26.2 Å². The van der Waals surface area contributed by atoms with E-state index < -0.39 is 6.03 Å². The molecule has 0 aromatic carbocycles. The molecular weight excluding hydrogens is 210 g/mol. The van der Waals surface area contributed by atoms with Gasteiger partial charge in [-0.25, -0.2) is 4.79 Å². The average molecular weight is 227 g/mol. The lowest BCUT2D eigenvalue weighted by Crippen LogP contribution is -2.40. The average Bonchev–Trinajstić information content (AvgIpc) is 2.51. The second-order valence-corrected chi connectivity index (χ2v) is 3.94. The Balaban J connectivity index is 2.21. The standard InChI is InChI=1S/C10H17N3O3/c1-6(12-13-10(11)15)3-4-8-5-7(2)16-9(8)14/h7-8,12H,1,3-5H2,2H3,(H3,11,13,15)/t7-,8+/m1/s1. The summed E-state index contributed by atoms with van der Waals surface area (Å²) >= 11 is 0. The molecule has 0 spiro atoms. The number of nitrogens with one attached hydrogen (secondary N) is 2. The molecule has 16 heavy (non-hydrogen) atoms. The summed E-state index contributed by atoms with van der Waals surface area (Å²) in [5.74, 6) is -0.217. The lowest BCUT2D eigenvalue weighted by atomic mass is 9.99. The number of hydrazine groups is 1. The summed E-state index contributed by atoms with van der Waals surface area (Å²) in [7, 11) is 0. The first kappa shape index (κ1) is 12.4. The summed E-state index contributed by atoms with van der Waals surface area (Å²) in [6, 6.07) is -0.671. The normalized spacial score (nSPS) is 23.7. The number of ether oxygens (including phenoxy) is 1. The Bertz CT molecular complexity index is 304. The minimum Gasteiger partial charge on any atom is -0.462 e. The molecular formula is C10H17N3O3. The number of primary amides is 1. The van der Waals surface area contributed by atoms with Crippen LogP contribution in [0.25, 0.3) is 0 Å². The third kappa shape index (κ3) is 3.80. The summed E-state index contributed by atoms with van der Waals surface area (Å²) in [5, 5.41) is 0. The van der Waals surface area contributed by atoms with Gasteiger partial charge in [0.15, 0.2) is 0 Å². The maximum atomic E-state index is 11.3. The first-order valence-corrected chi connectivity index (χ1v) is 5.18. The molecule has 6 heteroatoms. The molecule has 0 saturated carbocycles. The van der Waals surface area contributed by atoms with Crippen molar-refractivity contribution >= 4 is 12.0 Å². The van der Waals surface area contributed by atoms with E-state index in [1.54, 1.807) is 0 Å². The SMILES string of the molecule is C=C(CC[C@H]1C[C@@H](C)OC1=O)NNC(N)=O. The molecule has 90 valence electrons. The highest BCUT2D eigenvalue weighted by atomic mass is 16.5. The van der Waals surface area contributed by atoms with Crippen molar-refractivity contribution in [1.29, 1.82) is 0 Å². The molecule has 0 radical (unpaired) electrons. The predicted octanol–water partition coefficient (Wildman–Crippen LogP) is 0.405. The maximum Gasteiger partial charge on any atom is 0.330 e. The fourth-order valence-electron chi connectivity index (χ4n) is 1.64. The van der Waals surface area contributed by atoms with E-state index in [0.717, 1.165) is 6.42 Å². The van der Waals surface area contributed by atoms with Crippen LogP contribution < -0.4 is 16.6 Å². The van der Waals surface area contributed by atoms with Gasteiger partial charge in [0, 0.05) is 5.70 Å². The van der Waals surface area contributed by atoms with E-state index in [4.69, 9.17) is 10.5 Å². The Labute approximate surface area is 94.2 Å². The fourth-order valence-corrected chi connectivity index (χ4v) is 1.64. The molecule has 1 heterocycles. The van der Waals surface area contributed by atoms with Gasteiger partial charge in [-0.05, 0) is 26.2 Å². The van der Waals surface area contributed by atoms with Crippen molar-refractivity contribution in [3.8, 4) is 0 Å². The Morgan fingerprint density at radius 3 is 2.81 bits per heavy atom. The van der Waals surface area contributed by atoms with E-state index in [1.807, 2.05) is 6.92 Å². The van der Waals surface area contributed by atoms with Gasteiger partial charge >= 0.3 is 12.0 Å². The second-order valence-electron chi connectivity index (χ2n) is 3.94. The van der Waals surface area contributed by atoms with Crippen molar-refractivity contribution in [2.45, 2.75) is 32.3 Å². The van der Waals surface area contributed by atoms with E-state index in [-0.39, 0.29) is 18.0 Å². The van der Waals surface area contributed by atoms with Crippen LogP contribution in [0, 0.1) is 5.92 Å². The smallest absolute Gasteiger partial charge is 0.330 e. The van der Waals surface area contributed by atoms with Gasteiger partial charge in [0.05, 0.1) is 12.0 Å². The Morgan fingerprint density at radius 1 is 1.62 bits per heavy atom. The zero-order valence-electron chi connectivity index (χ0n) is 9.29. The van der Waals surface area contributed by atoms with Gasteiger partial charge in [0.2, 0.25) is 0 Å². The second kappa shape index (κ2) is 5.39. The van der Waals surface area contributed by atoms with Crippen LogP contribution in [0.4, 0.5) is 4.79 Å². The van der Waals surface area contributed by atoms with Crippen LogP contribution in [0.5, 0.6) is 0 Å². The molecule has 0 unspecified atom stereocenters. The van der Waals surface area contributed by atoms with Crippen molar-refractivity contribution in [2.75, 3.05) is 0 Å². The van der Waals surface area contributed by atoms with Crippen LogP contribution in [0.15, 0.2) is 12.3 Å². The number of allylic oxidation sites excluding steroid dienone is 1. The van der Waals surface area contributed by atoms with E-state index >= 15 is 0 Å². The number of nitrogens with two attached hydrogens (primary N) is 1. The van der Waals surface area contributed by atoms with Gasteiger partial charge < -0.3 is 15.9 Å². The van der Waals surface area contributed by atoms with Crippen LogP contribution in [-0.4, -0.2) is 18.1 Å². The molecule has 6 nitrogen and oxygen atoms in total. The quantitative estimate of drug-likeness (QED) is 0.468. The first-order valence-electron chi connectivity index (χ1n) is 5.18. The molecule has 0 aliphatic carbocycles. The number of urea groups is 1. The third-order valence-electron chi connectivity index (χ3n) is 2.42. The Kier molecular flexibility index (Phi) is 4.16. The van der Waals surface area contributed by atoms with Gasteiger partial charge in [0.1, 0.15) is 0 Å². The summed E-state index contributed by atoms with van der Waals surface area (Å²) in [5.41, 5.74) is 10.3. The topological polar surface area (TPSA) is 93.4 Å². The molecule has 4 N–H and O–H groups in total. The number of amides is 2. The highest BCUT2D eigenvalue weighted by Crippen LogP contribution is 2.25. The third-order valence-corrected chi connectivity index (χ3v) is 2.42. The van der Waals surface area contributed by atoms with Crippen molar-refractivity contribution in [3.63, 3.8) is 0 Å². The highest BCUT2D eigenvalue weighted by molar-refractivity contribution is 5.74. The molecule has 2 atom stereocenters. The van der Waals surface area contributed by atoms with Crippen molar-refractivity contribution in [2.24, 2.45) is 11.7 Å². The van der Waals surface area contributed by atoms with Crippen molar-refractivity contribution < 1.29 is 14.3 Å². The minimum absolute atomic E-state index is 0.00229. The molecule has 0 bridgehead atoms. The molecule has 2 amide bonds. The van der Waals surface area contributed by atoms with Crippen molar-refractivity contribution in [1.82, 2.24) is 10.9 Å². The van der Waals surface area contributed by atoms with E-state index in [2.05, 4.69) is 17.4 Å². The van der Waals surface area contributed by atoms with Gasteiger partial charge in [-0.1, -0.05) is 6.58 Å². The number of esters is 1. The number of carbonyl (C=O) groups excluding carboxylic acids is 2. The molecule has 1 fully saturated rings. The van der Waals surface area contributed by atoms with Gasteiger partial charge in [-0.2, -0.15) is 0 Å².